The van der Waals surface area contributed by atoms with Crippen LogP contribution in [0.3, 0.4) is 0 Å². The Morgan fingerprint density at radius 1 is 1.00 bits per heavy atom. The summed E-state index contributed by atoms with van der Waals surface area (Å²) in [5.41, 5.74) is 2.29. The van der Waals surface area contributed by atoms with Gasteiger partial charge in [0.1, 0.15) is 6.61 Å². The van der Waals surface area contributed by atoms with Gasteiger partial charge >= 0.3 is 5.97 Å². The maximum Gasteiger partial charge on any atom is 0.363 e. The summed E-state index contributed by atoms with van der Waals surface area (Å²) in [5.74, 6) is 0.443. The predicted molar refractivity (Wildman–Crippen MR) is 121 cm³/mol. The molecule has 0 N–H and O–H groups in total. The molecule has 3 aromatic rings. The summed E-state index contributed by atoms with van der Waals surface area (Å²) in [6.45, 7) is 0.342. The number of rotatable bonds is 6. The first-order valence-corrected chi connectivity index (χ1v) is 10.1. The summed E-state index contributed by atoms with van der Waals surface area (Å²) >= 11 is 12.6. The van der Waals surface area contributed by atoms with Crippen LogP contribution in [0.1, 0.15) is 16.7 Å². The summed E-state index contributed by atoms with van der Waals surface area (Å²) in [5, 5.41) is 0.795. The Labute approximate surface area is 189 Å². The highest BCUT2D eigenvalue weighted by Gasteiger charge is 2.25. The summed E-state index contributed by atoms with van der Waals surface area (Å²) in [7, 11) is 1.52. The second-order valence-corrected chi connectivity index (χ2v) is 7.44. The Morgan fingerprint density at radius 2 is 1.74 bits per heavy atom. The zero-order valence-electron chi connectivity index (χ0n) is 16.5. The second kappa shape index (κ2) is 9.25. The number of halogens is 2. The van der Waals surface area contributed by atoms with E-state index in [0.717, 1.165) is 5.56 Å². The Morgan fingerprint density at radius 3 is 2.48 bits per heavy atom. The van der Waals surface area contributed by atoms with E-state index in [1.165, 1.54) is 7.11 Å². The van der Waals surface area contributed by atoms with Gasteiger partial charge < -0.3 is 14.2 Å². The highest BCUT2D eigenvalue weighted by molar-refractivity contribution is 6.34. The fourth-order valence-electron chi connectivity index (χ4n) is 3.01. The van der Waals surface area contributed by atoms with Gasteiger partial charge in [0.2, 0.25) is 5.90 Å². The molecule has 1 aliphatic heterocycles. The molecule has 0 fully saturated rings. The minimum atomic E-state index is -0.575. The van der Waals surface area contributed by atoms with Crippen LogP contribution in [0.5, 0.6) is 11.5 Å². The number of carbonyl (C=O) groups is 1. The molecule has 0 saturated heterocycles. The molecule has 156 valence electrons. The third-order valence-corrected chi connectivity index (χ3v) is 5.12. The molecule has 0 atom stereocenters. The van der Waals surface area contributed by atoms with E-state index in [1.807, 2.05) is 30.3 Å². The van der Waals surface area contributed by atoms with Crippen molar-refractivity contribution in [3.05, 3.63) is 99.2 Å². The Kier molecular flexibility index (Phi) is 6.26. The van der Waals surface area contributed by atoms with Crippen molar-refractivity contribution in [2.45, 2.75) is 6.61 Å². The average molecular weight is 454 g/mol. The molecule has 0 saturated carbocycles. The Bertz CT molecular complexity index is 1190. The summed E-state index contributed by atoms with van der Waals surface area (Å²) in [6.07, 6.45) is 1.57. The van der Waals surface area contributed by atoms with Crippen molar-refractivity contribution in [1.82, 2.24) is 0 Å². The molecule has 0 aliphatic carbocycles. The fourth-order valence-corrected chi connectivity index (χ4v) is 3.50. The van der Waals surface area contributed by atoms with Crippen LogP contribution < -0.4 is 9.47 Å². The molecule has 0 unspecified atom stereocenters. The van der Waals surface area contributed by atoms with Gasteiger partial charge in [-0.25, -0.2) is 9.79 Å². The molecule has 0 radical (unpaired) electrons. The number of nitrogens with zero attached hydrogens (tertiary/aromatic N) is 1. The van der Waals surface area contributed by atoms with E-state index in [0.29, 0.717) is 39.3 Å². The maximum absolute atomic E-state index is 12.3. The van der Waals surface area contributed by atoms with Crippen molar-refractivity contribution in [2.24, 2.45) is 4.99 Å². The van der Waals surface area contributed by atoms with Crippen LogP contribution >= 0.6 is 23.2 Å². The zero-order chi connectivity index (χ0) is 21.8. The van der Waals surface area contributed by atoms with Crippen molar-refractivity contribution < 1.29 is 19.0 Å². The van der Waals surface area contributed by atoms with Gasteiger partial charge in [-0.2, -0.15) is 0 Å². The number of esters is 1. The molecule has 5 nitrogen and oxygen atoms in total. The van der Waals surface area contributed by atoms with E-state index in [1.54, 1.807) is 42.5 Å². The number of aliphatic imine (C=N–C) groups is 1. The van der Waals surface area contributed by atoms with Crippen LogP contribution in [0.2, 0.25) is 10.0 Å². The molecule has 1 aliphatic rings. The number of hydrogen-bond acceptors (Lipinski definition) is 5. The topological polar surface area (TPSA) is 57.1 Å². The van der Waals surface area contributed by atoms with Gasteiger partial charge in [0.25, 0.3) is 0 Å². The maximum atomic E-state index is 12.3. The lowest BCUT2D eigenvalue weighted by Crippen LogP contribution is -2.05. The van der Waals surface area contributed by atoms with Crippen molar-refractivity contribution >= 4 is 41.1 Å². The molecule has 0 spiro atoms. The van der Waals surface area contributed by atoms with E-state index < -0.39 is 5.97 Å². The van der Waals surface area contributed by atoms with Gasteiger partial charge in [-0.3, -0.25) is 0 Å². The van der Waals surface area contributed by atoms with Crippen molar-refractivity contribution in [1.29, 1.82) is 0 Å². The van der Waals surface area contributed by atoms with Crippen molar-refractivity contribution in [2.75, 3.05) is 7.11 Å². The number of methoxy groups -OCH3 is 1. The van der Waals surface area contributed by atoms with E-state index in [9.17, 15) is 4.79 Å². The highest BCUT2D eigenvalue weighted by Crippen LogP contribution is 2.38. The second-order valence-electron chi connectivity index (χ2n) is 6.62. The lowest BCUT2D eigenvalue weighted by Gasteiger charge is -2.13. The standard InChI is InChI=1S/C24H17Cl2NO4/c1-29-21-13-16(11-19(26)22(21)30-14-15-7-3-2-4-8-15)12-20-24(28)31-23(27-20)17-9-5-6-10-18(17)25/h2-13H,14H2,1H3/b20-12-. The van der Waals surface area contributed by atoms with Gasteiger partial charge in [-0.1, -0.05) is 65.7 Å². The summed E-state index contributed by atoms with van der Waals surface area (Å²) in [4.78, 5) is 16.6. The number of cyclic esters (lactones) is 1. The molecular formula is C24H17Cl2NO4. The van der Waals surface area contributed by atoms with E-state index in [4.69, 9.17) is 37.4 Å². The van der Waals surface area contributed by atoms with Crippen LogP contribution in [0.25, 0.3) is 6.08 Å². The molecule has 3 aromatic carbocycles. The van der Waals surface area contributed by atoms with E-state index in [-0.39, 0.29) is 11.6 Å². The van der Waals surface area contributed by atoms with Gasteiger partial charge in [-0.15, -0.1) is 0 Å². The van der Waals surface area contributed by atoms with Crippen LogP contribution in [0, 0.1) is 0 Å². The molecule has 0 bridgehead atoms. The smallest absolute Gasteiger partial charge is 0.363 e. The molecular weight excluding hydrogens is 437 g/mol. The van der Waals surface area contributed by atoms with Gasteiger partial charge in [0, 0.05) is 0 Å². The monoisotopic (exact) mass is 453 g/mol. The lowest BCUT2D eigenvalue weighted by molar-refractivity contribution is -0.129. The predicted octanol–water partition coefficient (Wildman–Crippen LogP) is 5.93. The number of ether oxygens (including phenoxy) is 3. The van der Waals surface area contributed by atoms with Crippen molar-refractivity contribution in [3.63, 3.8) is 0 Å². The minimum absolute atomic E-state index is 0.131. The fraction of sp³-hybridized carbons (Fsp3) is 0.0833. The van der Waals surface area contributed by atoms with Crippen LogP contribution in [0.4, 0.5) is 0 Å². The molecule has 1 heterocycles. The first kappa shape index (κ1) is 21.0. The quantitative estimate of drug-likeness (QED) is 0.343. The van der Waals surface area contributed by atoms with E-state index in [2.05, 4.69) is 4.99 Å². The summed E-state index contributed by atoms with van der Waals surface area (Å²) in [6, 6.07) is 20.1. The van der Waals surface area contributed by atoms with Crippen LogP contribution in [-0.2, 0) is 16.1 Å². The van der Waals surface area contributed by atoms with E-state index >= 15 is 0 Å². The SMILES string of the molecule is COc1cc(/C=C2\N=C(c3ccccc3Cl)OC2=O)cc(Cl)c1OCc1ccccc1. The summed E-state index contributed by atoms with van der Waals surface area (Å²) < 4.78 is 16.6. The Balaban J connectivity index is 1.61. The Hall–Kier alpha value is -3.28. The molecule has 7 heteroatoms. The minimum Gasteiger partial charge on any atom is -0.493 e. The van der Waals surface area contributed by atoms with Gasteiger partial charge in [-0.05, 0) is 41.5 Å². The average Bonchev–Trinajstić information content (AvgIpc) is 3.13. The third kappa shape index (κ3) is 4.74. The molecule has 4 rings (SSSR count). The number of benzene rings is 3. The number of carbonyl (C=O) groups excluding carboxylic acids is 1. The lowest BCUT2D eigenvalue weighted by atomic mass is 10.1. The normalized spacial score (nSPS) is 14.4. The van der Waals surface area contributed by atoms with Crippen molar-refractivity contribution in [3.8, 4) is 11.5 Å². The number of hydrogen-bond donors (Lipinski definition) is 0. The molecule has 0 amide bonds. The van der Waals surface area contributed by atoms with Crippen LogP contribution in [0.15, 0.2) is 77.4 Å². The highest BCUT2D eigenvalue weighted by atomic mass is 35.5. The first-order valence-electron chi connectivity index (χ1n) is 9.37. The van der Waals surface area contributed by atoms with Gasteiger partial charge in [0.15, 0.2) is 17.2 Å². The largest absolute Gasteiger partial charge is 0.493 e. The third-order valence-electron chi connectivity index (χ3n) is 4.51. The zero-order valence-corrected chi connectivity index (χ0v) is 18.0. The molecule has 0 aromatic heterocycles. The molecule has 31 heavy (non-hydrogen) atoms. The van der Waals surface area contributed by atoms with Crippen LogP contribution in [-0.4, -0.2) is 19.0 Å². The van der Waals surface area contributed by atoms with Gasteiger partial charge in [0.05, 0.1) is 22.7 Å². The first-order chi connectivity index (χ1) is 15.0.